The molecule has 4 atom stereocenters. The van der Waals surface area contributed by atoms with Gasteiger partial charge in [0.05, 0.1) is 0 Å². The van der Waals surface area contributed by atoms with E-state index in [9.17, 15) is 4.79 Å². The number of hydrogen-bond donors (Lipinski definition) is 2. The van der Waals surface area contributed by atoms with E-state index in [0.29, 0.717) is 12.0 Å². The molecule has 0 aromatic carbocycles. The third-order valence-corrected chi connectivity index (χ3v) is 5.04. The van der Waals surface area contributed by atoms with Crippen LogP contribution in [0.25, 0.3) is 0 Å². The van der Waals surface area contributed by atoms with E-state index < -0.39 is 0 Å². The van der Waals surface area contributed by atoms with Crippen molar-refractivity contribution in [3.63, 3.8) is 0 Å². The largest absolute Gasteiger partial charge is 0.354 e. The summed E-state index contributed by atoms with van der Waals surface area (Å²) < 4.78 is 0. The number of nitrogens with zero attached hydrogens (tertiary/aromatic N) is 1. The van der Waals surface area contributed by atoms with Gasteiger partial charge in [-0.15, -0.1) is 0 Å². The van der Waals surface area contributed by atoms with Crippen molar-refractivity contribution >= 4 is 5.91 Å². The number of amides is 1. The van der Waals surface area contributed by atoms with Crippen LogP contribution in [-0.4, -0.2) is 42.5 Å². The molecule has 0 radical (unpaired) electrons. The molecule has 2 aliphatic rings. The normalized spacial score (nSPS) is 34.2. The zero-order valence-corrected chi connectivity index (χ0v) is 12.4. The Labute approximate surface area is 117 Å². The summed E-state index contributed by atoms with van der Waals surface area (Å²) in [5, 5.41) is 3.14. The fraction of sp³-hybridized carbons (Fsp3) is 0.933. The summed E-state index contributed by atoms with van der Waals surface area (Å²) in [5.41, 5.74) is 6.07. The maximum Gasteiger partial charge on any atom is 0.223 e. The van der Waals surface area contributed by atoms with Gasteiger partial charge in [-0.05, 0) is 51.6 Å². The minimum absolute atomic E-state index is 0.120. The average Bonchev–Trinajstić information content (AvgIpc) is 2.93. The molecule has 3 N–H and O–H groups in total. The van der Waals surface area contributed by atoms with Gasteiger partial charge >= 0.3 is 0 Å². The highest BCUT2D eigenvalue weighted by Crippen LogP contribution is 2.29. The highest BCUT2D eigenvalue weighted by Gasteiger charge is 2.32. The zero-order chi connectivity index (χ0) is 13.8. The molecule has 4 unspecified atom stereocenters. The highest BCUT2D eigenvalue weighted by atomic mass is 16.1. The maximum absolute atomic E-state index is 12.3. The van der Waals surface area contributed by atoms with Crippen molar-refractivity contribution in [3.8, 4) is 0 Å². The molecule has 1 aliphatic heterocycles. The van der Waals surface area contributed by atoms with E-state index in [0.717, 1.165) is 25.8 Å². The van der Waals surface area contributed by atoms with E-state index in [-0.39, 0.29) is 17.9 Å². The molecule has 1 heterocycles. The lowest BCUT2D eigenvalue weighted by Crippen LogP contribution is -2.47. The van der Waals surface area contributed by atoms with Crippen LogP contribution in [0.1, 0.15) is 46.0 Å². The zero-order valence-electron chi connectivity index (χ0n) is 12.4. The number of hydrogen-bond acceptors (Lipinski definition) is 3. The second kappa shape index (κ2) is 6.71. The number of nitrogens with one attached hydrogen (secondary N) is 1. The fourth-order valence-electron chi connectivity index (χ4n) is 3.46. The summed E-state index contributed by atoms with van der Waals surface area (Å²) in [5.74, 6) is 0.652. The molecule has 110 valence electrons. The van der Waals surface area contributed by atoms with E-state index in [1.807, 2.05) is 0 Å². The molecular formula is C15H29N3O. The summed E-state index contributed by atoms with van der Waals surface area (Å²) in [7, 11) is 0. The molecule has 2 rings (SSSR count). The lowest BCUT2D eigenvalue weighted by atomic mass is 9.77. The molecule has 1 saturated carbocycles. The van der Waals surface area contributed by atoms with Gasteiger partial charge in [-0.3, -0.25) is 9.69 Å². The third kappa shape index (κ3) is 3.69. The Morgan fingerprint density at radius 3 is 2.68 bits per heavy atom. The summed E-state index contributed by atoms with van der Waals surface area (Å²) in [6.07, 6.45) is 5.75. The summed E-state index contributed by atoms with van der Waals surface area (Å²) in [6, 6.07) is 0.652. The molecule has 0 spiro atoms. The molecule has 1 aliphatic carbocycles. The van der Waals surface area contributed by atoms with Gasteiger partial charge in [0.25, 0.3) is 0 Å². The van der Waals surface area contributed by atoms with E-state index in [1.54, 1.807) is 0 Å². The van der Waals surface area contributed by atoms with Crippen LogP contribution < -0.4 is 11.1 Å². The predicted octanol–water partition coefficient (Wildman–Crippen LogP) is 1.35. The van der Waals surface area contributed by atoms with E-state index in [4.69, 9.17) is 5.73 Å². The van der Waals surface area contributed by atoms with E-state index in [1.165, 1.54) is 25.9 Å². The predicted molar refractivity (Wildman–Crippen MR) is 77.8 cm³/mol. The van der Waals surface area contributed by atoms with Crippen molar-refractivity contribution < 1.29 is 4.79 Å². The average molecular weight is 267 g/mol. The lowest BCUT2D eigenvalue weighted by molar-refractivity contribution is -0.128. The second-order valence-corrected chi connectivity index (χ2v) is 6.40. The Kier molecular flexibility index (Phi) is 5.22. The van der Waals surface area contributed by atoms with Gasteiger partial charge in [0.1, 0.15) is 0 Å². The minimum Gasteiger partial charge on any atom is -0.354 e. The molecule has 2 fully saturated rings. The first-order valence-corrected chi connectivity index (χ1v) is 7.87. The quantitative estimate of drug-likeness (QED) is 0.808. The van der Waals surface area contributed by atoms with Crippen LogP contribution in [-0.2, 0) is 4.79 Å². The number of carbonyl (C=O) groups is 1. The molecule has 0 bridgehead atoms. The molecule has 19 heavy (non-hydrogen) atoms. The Bertz CT molecular complexity index is 302. The molecule has 0 aromatic heterocycles. The Balaban J connectivity index is 1.77. The van der Waals surface area contributed by atoms with Crippen molar-refractivity contribution in [1.82, 2.24) is 10.2 Å². The summed E-state index contributed by atoms with van der Waals surface area (Å²) in [4.78, 5) is 14.8. The van der Waals surface area contributed by atoms with Gasteiger partial charge in [-0.1, -0.05) is 13.3 Å². The van der Waals surface area contributed by atoms with Crippen LogP contribution in [0.15, 0.2) is 0 Å². The van der Waals surface area contributed by atoms with Crippen molar-refractivity contribution in [2.24, 2.45) is 17.6 Å². The molecule has 1 saturated heterocycles. The van der Waals surface area contributed by atoms with Crippen LogP contribution in [0, 0.1) is 11.8 Å². The maximum atomic E-state index is 12.3. The highest BCUT2D eigenvalue weighted by molar-refractivity contribution is 5.79. The van der Waals surface area contributed by atoms with Gasteiger partial charge in [0.2, 0.25) is 5.91 Å². The van der Waals surface area contributed by atoms with Crippen LogP contribution in [0.3, 0.4) is 0 Å². The van der Waals surface area contributed by atoms with Gasteiger partial charge in [-0.2, -0.15) is 0 Å². The Morgan fingerprint density at radius 1 is 1.32 bits per heavy atom. The summed E-state index contributed by atoms with van der Waals surface area (Å²) >= 11 is 0. The minimum atomic E-state index is 0.120. The monoisotopic (exact) mass is 267 g/mol. The first-order chi connectivity index (χ1) is 9.09. The SMILES string of the molecule is CC1C(N)CCCC1C(=O)NCC(C)N1CCCC1. The smallest absolute Gasteiger partial charge is 0.223 e. The molecular weight excluding hydrogens is 238 g/mol. The van der Waals surface area contributed by atoms with Crippen LogP contribution in [0.2, 0.25) is 0 Å². The first-order valence-electron chi connectivity index (χ1n) is 7.87. The number of rotatable bonds is 4. The summed E-state index contributed by atoms with van der Waals surface area (Å²) in [6.45, 7) is 7.47. The molecule has 4 nitrogen and oxygen atoms in total. The van der Waals surface area contributed by atoms with Crippen molar-refractivity contribution in [3.05, 3.63) is 0 Å². The van der Waals surface area contributed by atoms with Crippen LogP contribution >= 0.6 is 0 Å². The van der Waals surface area contributed by atoms with Crippen molar-refractivity contribution in [1.29, 1.82) is 0 Å². The first kappa shape index (κ1) is 14.8. The van der Waals surface area contributed by atoms with Gasteiger partial charge < -0.3 is 11.1 Å². The second-order valence-electron chi connectivity index (χ2n) is 6.40. The van der Waals surface area contributed by atoms with Gasteiger partial charge in [0, 0.05) is 24.5 Å². The topological polar surface area (TPSA) is 58.4 Å². The number of carbonyl (C=O) groups excluding carboxylic acids is 1. The van der Waals surface area contributed by atoms with Crippen LogP contribution in [0.5, 0.6) is 0 Å². The number of nitrogens with two attached hydrogens (primary N) is 1. The Hall–Kier alpha value is -0.610. The number of likely N-dealkylation sites (tertiary alicyclic amines) is 1. The molecule has 1 amide bonds. The van der Waals surface area contributed by atoms with Gasteiger partial charge in [0.15, 0.2) is 0 Å². The van der Waals surface area contributed by atoms with E-state index in [2.05, 4.69) is 24.1 Å². The lowest BCUT2D eigenvalue weighted by Gasteiger charge is -2.33. The Morgan fingerprint density at radius 2 is 2.00 bits per heavy atom. The standard InChI is InChI=1S/C15H29N3O/c1-11(18-8-3-4-9-18)10-17-15(19)13-6-5-7-14(16)12(13)2/h11-14H,3-10,16H2,1-2H3,(H,17,19). The van der Waals surface area contributed by atoms with Crippen molar-refractivity contribution in [2.75, 3.05) is 19.6 Å². The van der Waals surface area contributed by atoms with Crippen molar-refractivity contribution in [2.45, 2.75) is 58.0 Å². The third-order valence-electron chi connectivity index (χ3n) is 5.04. The van der Waals surface area contributed by atoms with Gasteiger partial charge in [-0.25, -0.2) is 0 Å². The van der Waals surface area contributed by atoms with Crippen LogP contribution in [0.4, 0.5) is 0 Å². The van der Waals surface area contributed by atoms with E-state index >= 15 is 0 Å². The molecule has 4 heteroatoms. The fourth-order valence-corrected chi connectivity index (χ4v) is 3.46. The molecule has 0 aromatic rings.